The summed E-state index contributed by atoms with van der Waals surface area (Å²) < 4.78 is 5.37. The second kappa shape index (κ2) is 6.89. The van der Waals surface area contributed by atoms with Gasteiger partial charge >= 0.3 is 6.09 Å². The third-order valence-electron chi connectivity index (χ3n) is 4.76. The Morgan fingerprint density at radius 3 is 2.41 bits per heavy atom. The van der Waals surface area contributed by atoms with Crippen LogP contribution in [0.5, 0.6) is 0 Å². The maximum atomic E-state index is 12.0. The zero-order valence-electron chi connectivity index (χ0n) is 15.2. The molecule has 0 radical (unpaired) electrons. The second-order valence-electron chi connectivity index (χ2n) is 8.65. The van der Waals surface area contributed by atoms with Crippen LogP contribution in [-0.4, -0.2) is 43.9 Å². The predicted molar refractivity (Wildman–Crippen MR) is 92.5 cm³/mol. The van der Waals surface area contributed by atoms with Gasteiger partial charge in [-0.25, -0.2) is 4.79 Å². The van der Waals surface area contributed by atoms with E-state index in [1.807, 2.05) is 33.9 Å². The molecule has 1 aliphatic rings. The number of alkyl carbamates (subject to hydrolysis) is 1. The second-order valence-corrected chi connectivity index (χ2v) is 13.1. The maximum Gasteiger partial charge on any atom is 0.407 e. The van der Waals surface area contributed by atoms with Crippen molar-refractivity contribution in [3.8, 4) is 0 Å². The Kier molecular flexibility index (Phi) is 6.09. The van der Waals surface area contributed by atoms with Crippen molar-refractivity contribution in [3.05, 3.63) is 0 Å². The van der Waals surface area contributed by atoms with Crippen LogP contribution >= 0.6 is 0 Å². The van der Waals surface area contributed by atoms with Crippen LogP contribution in [0.3, 0.4) is 0 Å². The number of hydrogen-bond acceptors (Lipinski definition) is 4. The van der Waals surface area contributed by atoms with Crippen molar-refractivity contribution in [3.63, 3.8) is 0 Å². The first-order valence-corrected chi connectivity index (χ1v) is 11.2. The van der Waals surface area contributed by atoms with Crippen LogP contribution in [0.25, 0.3) is 0 Å². The highest BCUT2D eigenvalue weighted by atomic mass is 28.4. The van der Waals surface area contributed by atoms with Gasteiger partial charge in [0.25, 0.3) is 0 Å². The molecule has 1 amide bonds. The Morgan fingerprint density at radius 2 is 1.91 bits per heavy atom. The smallest absolute Gasteiger partial charge is 0.407 e. The Bertz CT molecular complexity index is 386. The van der Waals surface area contributed by atoms with Crippen LogP contribution < -0.4 is 10.6 Å². The standard InChI is InChI=1S/C16H34N2O3Si/c1-15(2,3)21-14(19)18-13-11-17-9-8-12(13)10-16(4,5)22(6,7)20/h12-13,17,20H,8-11H2,1-7H3,(H,18,19)/t12?,13-/m0/s1. The highest BCUT2D eigenvalue weighted by molar-refractivity contribution is 6.72. The third-order valence-corrected chi connectivity index (χ3v) is 8.27. The van der Waals surface area contributed by atoms with Crippen molar-refractivity contribution in [1.29, 1.82) is 0 Å². The van der Waals surface area contributed by atoms with E-state index in [1.165, 1.54) is 0 Å². The van der Waals surface area contributed by atoms with Crippen molar-refractivity contribution in [2.45, 2.75) is 77.2 Å². The lowest BCUT2D eigenvalue weighted by atomic mass is 9.85. The van der Waals surface area contributed by atoms with E-state index < -0.39 is 13.9 Å². The fourth-order valence-electron chi connectivity index (χ4n) is 2.69. The molecule has 6 heteroatoms. The number of carbonyl (C=O) groups excluding carboxylic acids is 1. The molecule has 22 heavy (non-hydrogen) atoms. The highest BCUT2D eigenvalue weighted by Crippen LogP contribution is 2.43. The minimum absolute atomic E-state index is 0.0548. The summed E-state index contributed by atoms with van der Waals surface area (Å²) in [5.41, 5.74) is -0.485. The summed E-state index contributed by atoms with van der Waals surface area (Å²) in [6.07, 6.45) is 1.57. The Morgan fingerprint density at radius 1 is 1.32 bits per heavy atom. The summed E-state index contributed by atoms with van der Waals surface area (Å²) >= 11 is 0. The van der Waals surface area contributed by atoms with E-state index in [0.717, 1.165) is 25.9 Å². The Labute approximate surface area is 136 Å². The predicted octanol–water partition coefficient (Wildman–Crippen LogP) is 2.86. The van der Waals surface area contributed by atoms with Gasteiger partial charge in [-0.2, -0.15) is 0 Å². The summed E-state index contributed by atoms with van der Waals surface area (Å²) in [5.74, 6) is 0.364. The van der Waals surface area contributed by atoms with Gasteiger partial charge in [0, 0.05) is 12.6 Å². The molecular weight excluding hydrogens is 296 g/mol. The van der Waals surface area contributed by atoms with Gasteiger partial charge < -0.3 is 20.2 Å². The molecule has 1 fully saturated rings. The summed E-state index contributed by atoms with van der Waals surface area (Å²) in [6.45, 7) is 15.6. The molecule has 1 rings (SSSR count). The van der Waals surface area contributed by atoms with Crippen LogP contribution in [0.4, 0.5) is 4.79 Å². The number of carbonyl (C=O) groups is 1. The minimum atomic E-state index is -2.24. The van der Waals surface area contributed by atoms with Crippen molar-refractivity contribution < 1.29 is 14.3 Å². The first-order valence-electron chi connectivity index (χ1n) is 8.24. The van der Waals surface area contributed by atoms with E-state index in [-0.39, 0.29) is 17.2 Å². The van der Waals surface area contributed by atoms with E-state index in [4.69, 9.17) is 4.74 Å². The van der Waals surface area contributed by atoms with Gasteiger partial charge in [0.2, 0.25) is 0 Å². The van der Waals surface area contributed by atoms with Crippen LogP contribution in [0.1, 0.15) is 47.5 Å². The molecule has 1 aliphatic heterocycles. The normalized spacial score (nSPS) is 24.0. The monoisotopic (exact) mass is 330 g/mol. The topological polar surface area (TPSA) is 70.6 Å². The number of rotatable bonds is 4. The van der Waals surface area contributed by atoms with Gasteiger partial charge in [-0.05, 0) is 64.2 Å². The van der Waals surface area contributed by atoms with Crippen LogP contribution in [-0.2, 0) is 4.74 Å². The average Bonchev–Trinajstić information content (AvgIpc) is 2.27. The molecule has 0 aromatic carbocycles. The van der Waals surface area contributed by atoms with Gasteiger partial charge in [-0.15, -0.1) is 0 Å². The summed E-state index contributed by atoms with van der Waals surface area (Å²) in [4.78, 5) is 22.5. The van der Waals surface area contributed by atoms with Crippen molar-refractivity contribution in [2.24, 2.45) is 5.92 Å². The van der Waals surface area contributed by atoms with E-state index in [1.54, 1.807) is 0 Å². The number of hydrogen-bond donors (Lipinski definition) is 3. The van der Waals surface area contributed by atoms with Gasteiger partial charge in [-0.1, -0.05) is 13.8 Å². The fourth-order valence-corrected chi connectivity index (χ4v) is 3.45. The average molecular weight is 331 g/mol. The summed E-state index contributed by atoms with van der Waals surface area (Å²) in [7, 11) is -2.24. The molecular formula is C16H34N2O3Si. The first kappa shape index (κ1) is 19.5. The van der Waals surface area contributed by atoms with Gasteiger partial charge in [0.15, 0.2) is 8.32 Å². The summed E-state index contributed by atoms with van der Waals surface area (Å²) in [6, 6.07) is 0.0548. The molecule has 0 aromatic heterocycles. The van der Waals surface area contributed by atoms with E-state index in [0.29, 0.717) is 5.92 Å². The van der Waals surface area contributed by atoms with Gasteiger partial charge in [0.05, 0.1) is 0 Å². The molecule has 1 unspecified atom stereocenters. The quantitative estimate of drug-likeness (QED) is 0.693. The third kappa shape index (κ3) is 5.89. The Balaban J connectivity index is 2.70. The molecule has 0 spiro atoms. The van der Waals surface area contributed by atoms with Crippen LogP contribution in [0, 0.1) is 5.92 Å². The molecule has 1 heterocycles. The molecule has 2 atom stereocenters. The molecule has 130 valence electrons. The van der Waals surface area contributed by atoms with Crippen molar-refractivity contribution in [1.82, 2.24) is 10.6 Å². The van der Waals surface area contributed by atoms with E-state index in [9.17, 15) is 9.59 Å². The maximum absolute atomic E-state index is 12.0. The van der Waals surface area contributed by atoms with Crippen molar-refractivity contribution in [2.75, 3.05) is 13.1 Å². The van der Waals surface area contributed by atoms with E-state index in [2.05, 4.69) is 24.5 Å². The zero-order chi connectivity index (χ0) is 17.2. The lowest BCUT2D eigenvalue weighted by Crippen LogP contribution is -2.53. The van der Waals surface area contributed by atoms with Crippen LogP contribution in [0.15, 0.2) is 0 Å². The van der Waals surface area contributed by atoms with Gasteiger partial charge in [0.1, 0.15) is 5.60 Å². The lowest BCUT2D eigenvalue weighted by molar-refractivity contribution is 0.0469. The van der Waals surface area contributed by atoms with Crippen LogP contribution in [0.2, 0.25) is 18.1 Å². The SMILES string of the molecule is CC(C)(C)OC(=O)N[C@H]1CNCCC1CC(C)(C)[Si](C)(C)O. The van der Waals surface area contributed by atoms with Crippen molar-refractivity contribution >= 4 is 14.4 Å². The number of nitrogens with one attached hydrogen (secondary N) is 2. The largest absolute Gasteiger partial charge is 0.444 e. The highest BCUT2D eigenvalue weighted by Gasteiger charge is 2.42. The van der Waals surface area contributed by atoms with E-state index >= 15 is 0 Å². The molecule has 0 aliphatic carbocycles. The number of amides is 1. The minimum Gasteiger partial charge on any atom is -0.444 e. The first-order chi connectivity index (χ1) is 9.82. The van der Waals surface area contributed by atoms with Gasteiger partial charge in [-0.3, -0.25) is 0 Å². The lowest BCUT2D eigenvalue weighted by Gasteiger charge is -2.42. The molecule has 1 saturated heterocycles. The molecule has 0 aromatic rings. The number of ether oxygens (including phenoxy) is 1. The zero-order valence-corrected chi connectivity index (χ0v) is 16.2. The Hall–Kier alpha value is -0.593. The molecule has 0 saturated carbocycles. The summed E-state index contributed by atoms with van der Waals surface area (Å²) in [5, 5.41) is 6.27. The molecule has 0 bridgehead atoms. The molecule has 5 nitrogen and oxygen atoms in total. The fraction of sp³-hybridized carbons (Fsp3) is 0.938. The number of piperidine rings is 1. The molecule has 3 N–H and O–H groups in total.